The predicted molar refractivity (Wildman–Crippen MR) is 74.4 cm³/mol. The Morgan fingerprint density at radius 1 is 1.53 bits per heavy atom. The summed E-state index contributed by atoms with van der Waals surface area (Å²) in [5.41, 5.74) is 0.701. The van der Waals surface area contributed by atoms with Crippen molar-refractivity contribution < 1.29 is 9.90 Å². The summed E-state index contributed by atoms with van der Waals surface area (Å²) in [5, 5.41) is 14.4. The van der Waals surface area contributed by atoms with E-state index in [4.69, 9.17) is 5.11 Å². The molecular formula is C13H20N4O2. The molecule has 0 aromatic carbocycles. The molecule has 19 heavy (non-hydrogen) atoms. The normalized spacial score (nSPS) is 16.2. The van der Waals surface area contributed by atoms with Crippen LogP contribution in [0, 0.1) is 0 Å². The number of hydrogen-bond donors (Lipinski definition) is 3. The second kappa shape index (κ2) is 6.38. The highest BCUT2D eigenvalue weighted by atomic mass is 16.3. The minimum atomic E-state index is -0.324. The number of carbonyl (C=O) groups is 1. The van der Waals surface area contributed by atoms with Gasteiger partial charge in [-0.05, 0) is 31.9 Å². The number of aliphatic hydroxyl groups excluding tert-OH is 1. The Kier molecular flexibility index (Phi) is 4.57. The van der Waals surface area contributed by atoms with Gasteiger partial charge in [-0.2, -0.15) is 0 Å². The van der Waals surface area contributed by atoms with Crippen molar-refractivity contribution >= 4 is 17.5 Å². The smallest absolute Gasteiger partial charge is 0.319 e. The maximum Gasteiger partial charge on any atom is 0.319 e. The van der Waals surface area contributed by atoms with Crippen molar-refractivity contribution in [3.8, 4) is 0 Å². The largest absolute Gasteiger partial charge is 0.394 e. The molecule has 1 aliphatic rings. The number of urea groups is 1. The number of nitrogens with one attached hydrogen (secondary N) is 2. The van der Waals surface area contributed by atoms with Gasteiger partial charge < -0.3 is 20.6 Å². The Morgan fingerprint density at radius 3 is 2.95 bits per heavy atom. The minimum absolute atomic E-state index is 0.0839. The van der Waals surface area contributed by atoms with Crippen LogP contribution in [0.2, 0.25) is 0 Å². The quantitative estimate of drug-likeness (QED) is 0.763. The van der Waals surface area contributed by atoms with Crippen LogP contribution in [0.3, 0.4) is 0 Å². The third kappa shape index (κ3) is 3.57. The number of aliphatic hydroxyl groups is 1. The molecule has 1 atom stereocenters. The number of pyridine rings is 1. The van der Waals surface area contributed by atoms with Crippen molar-refractivity contribution in [3.05, 3.63) is 18.3 Å². The zero-order valence-corrected chi connectivity index (χ0v) is 11.1. The van der Waals surface area contributed by atoms with Crippen LogP contribution in [-0.4, -0.2) is 41.9 Å². The summed E-state index contributed by atoms with van der Waals surface area (Å²) in [5.74, 6) is 0.812. The van der Waals surface area contributed by atoms with Gasteiger partial charge in [-0.25, -0.2) is 9.78 Å². The number of carbonyl (C=O) groups excluding carboxylic acids is 1. The molecule has 1 aliphatic heterocycles. The summed E-state index contributed by atoms with van der Waals surface area (Å²) in [6, 6.07) is 3.04. The highest BCUT2D eigenvalue weighted by molar-refractivity contribution is 5.92. The molecule has 6 heteroatoms. The van der Waals surface area contributed by atoms with Crippen LogP contribution in [0.4, 0.5) is 16.3 Å². The Labute approximate surface area is 112 Å². The van der Waals surface area contributed by atoms with E-state index in [1.165, 1.54) is 0 Å². The van der Waals surface area contributed by atoms with E-state index in [1.54, 1.807) is 19.2 Å². The molecule has 1 aromatic heterocycles. The first-order valence-electron chi connectivity index (χ1n) is 6.59. The number of anilines is 2. The van der Waals surface area contributed by atoms with E-state index in [1.807, 2.05) is 6.07 Å². The van der Waals surface area contributed by atoms with Crippen LogP contribution < -0.4 is 15.5 Å². The van der Waals surface area contributed by atoms with Gasteiger partial charge in [0.05, 0.1) is 18.3 Å². The zero-order chi connectivity index (χ0) is 13.7. The van der Waals surface area contributed by atoms with Gasteiger partial charge in [-0.3, -0.25) is 0 Å². The summed E-state index contributed by atoms with van der Waals surface area (Å²) < 4.78 is 0. The first kappa shape index (κ1) is 13.6. The average molecular weight is 264 g/mol. The van der Waals surface area contributed by atoms with Crippen LogP contribution in [0.15, 0.2) is 18.3 Å². The summed E-state index contributed by atoms with van der Waals surface area (Å²) in [6.07, 6.45) is 4.04. The fourth-order valence-corrected chi connectivity index (χ4v) is 2.10. The van der Waals surface area contributed by atoms with Crippen LogP contribution in [-0.2, 0) is 0 Å². The van der Waals surface area contributed by atoms with Crippen molar-refractivity contribution in [3.63, 3.8) is 0 Å². The van der Waals surface area contributed by atoms with E-state index in [0.717, 1.165) is 31.7 Å². The number of rotatable bonds is 4. The van der Waals surface area contributed by atoms with Crippen molar-refractivity contribution in [2.24, 2.45) is 0 Å². The lowest BCUT2D eigenvalue weighted by Crippen LogP contribution is -2.38. The molecule has 104 valence electrons. The number of aromatic nitrogens is 1. The number of hydrogen-bond acceptors (Lipinski definition) is 4. The highest BCUT2D eigenvalue weighted by Gasteiger charge is 2.18. The van der Waals surface area contributed by atoms with E-state index >= 15 is 0 Å². The molecule has 0 radical (unpaired) electrons. The molecule has 1 aromatic rings. The minimum Gasteiger partial charge on any atom is -0.394 e. The Morgan fingerprint density at radius 2 is 2.26 bits per heavy atom. The first-order valence-corrected chi connectivity index (χ1v) is 6.59. The second-order valence-electron chi connectivity index (χ2n) is 4.75. The van der Waals surface area contributed by atoms with Crippen molar-refractivity contribution in [2.75, 3.05) is 29.9 Å². The van der Waals surface area contributed by atoms with Crippen LogP contribution in [0.1, 0.15) is 19.8 Å². The van der Waals surface area contributed by atoms with E-state index in [2.05, 4.69) is 20.5 Å². The lowest BCUT2D eigenvalue weighted by molar-refractivity contribution is 0.229. The summed E-state index contributed by atoms with van der Waals surface area (Å²) in [7, 11) is 0. The fourth-order valence-electron chi connectivity index (χ4n) is 2.10. The molecule has 0 bridgehead atoms. The topological polar surface area (TPSA) is 77.5 Å². The van der Waals surface area contributed by atoms with Gasteiger partial charge in [-0.15, -0.1) is 0 Å². The summed E-state index contributed by atoms with van der Waals surface area (Å²) in [4.78, 5) is 18.3. The lowest BCUT2D eigenvalue weighted by Gasteiger charge is -2.20. The van der Waals surface area contributed by atoms with Gasteiger partial charge in [0.2, 0.25) is 0 Å². The molecule has 0 unspecified atom stereocenters. The fraction of sp³-hybridized carbons (Fsp3) is 0.538. The van der Waals surface area contributed by atoms with Gasteiger partial charge >= 0.3 is 6.03 Å². The van der Waals surface area contributed by atoms with Crippen LogP contribution in [0.5, 0.6) is 0 Å². The van der Waals surface area contributed by atoms with Gasteiger partial charge in [0, 0.05) is 19.3 Å². The molecular weight excluding hydrogens is 244 g/mol. The van der Waals surface area contributed by atoms with E-state index in [9.17, 15) is 4.79 Å². The SMILES string of the molecule is C[C@H](CO)NC(=O)Nc1cccnc1N1CCCC1. The van der Waals surface area contributed by atoms with E-state index in [-0.39, 0.29) is 18.7 Å². The van der Waals surface area contributed by atoms with Crippen LogP contribution >= 0.6 is 0 Å². The number of nitrogens with zero attached hydrogens (tertiary/aromatic N) is 2. The molecule has 2 amide bonds. The highest BCUT2D eigenvalue weighted by Crippen LogP contribution is 2.25. The van der Waals surface area contributed by atoms with Gasteiger partial charge in [0.15, 0.2) is 5.82 Å². The average Bonchev–Trinajstić information content (AvgIpc) is 2.93. The molecule has 0 saturated carbocycles. The molecule has 0 aliphatic carbocycles. The predicted octanol–water partition coefficient (Wildman–Crippen LogP) is 1.18. The monoisotopic (exact) mass is 264 g/mol. The molecule has 3 N–H and O–H groups in total. The van der Waals surface area contributed by atoms with Gasteiger partial charge in [0.1, 0.15) is 0 Å². The molecule has 1 fully saturated rings. The Hall–Kier alpha value is -1.82. The van der Waals surface area contributed by atoms with Crippen molar-refractivity contribution in [1.82, 2.24) is 10.3 Å². The maximum absolute atomic E-state index is 11.8. The number of amides is 2. The van der Waals surface area contributed by atoms with Gasteiger partial charge in [-0.1, -0.05) is 0 Å². The lowest BCUT2D eigenvalue weighted by atomic mass is 10.3. The third-order valence-corrected chi connectivity index (χ3v) is 3.09. The van der Waals surface area contributed by atoms with E-state index < -0.39 is 0 Å². The third-order valence-electron chi connectivity index (χ3n) is 3.09. The molecule has 1 saturated heterocycles. The second-order valence-corrected chi connectivity index (χ2v) is 4.75. The maximum atomic E-state index is 11.8. The van der Waals surface area contributed by atoms with Crippen molar-refractivity contribution in [1.29, 1.82) is 0 Å². The van der Waals surface area contributed by atoms with Crippen molar-refractivity contribution in [2.45, 2.75) is 25.8 Å². The Balaban J connectivity index is 2.05. The molecule has 6 nitrogen and oxygen atoms in total. The Bertz CT molecular complexity index is 432. The standard InChI is InChI=1S/C13H20N4O2/c1-10(9-18)15-13(19)16-11-5-4-6-14-12(11)17-7-2-3-8-17/h4-6,10,18H,2-3,7-9H2,1H3,(H2,15,16,19)/t10-/m1/s1. The summed E-state index contributed by atoms with van der Waals surface area (Å²) in [6.45, 7) is 3.60. The molecule has 2 heterocycles. The first-order chi connectivity index (χ1) is 9.20. The molecule has 2 rings (SSSR count). The van der Waals surface area contributed by atoms with Gasteiger partial charge in [0.25, 0.3) is 0 Å². The zero-order valence-electron chi connectivity index (χ0n) is 11.1. The molecule has 0 spiro atoms. The van der Waals surface area contributed by atoms with E-state index in [0.29, 0.717) is 5.69 Å². The summed E-state index contributed by atoms with van der Waals surface area (Å²) >= 11 is 0. The van der Waals surface area contributed by atoms with Crippen LogP contribution in [0.25, 0.3) is 0 Å².